The van der Waals surface area contributed by atoms with Gasteiger partial charge in [0, 0.05) is 31.6 Å². The van der Waals surface area contributed by atoms with Crippen LogP contribution in [0.4, 0.5) is 0 Å². The van der Waals surface area contributed by atoms with E-state index in [1.165, 1.54) is 5.56 Å². The predicted molar refractivity (Wildman–Crippen MR) is 59.8 cm³/mol. The topological polar surface area (TPSA) is 46.3 Å². The number of rotatable bonds is 2. The molecule has 0 unspecified atom stereocenters. The first kappa shape index (κ1) is 10.2. The summed E-state index contributed by atoms with van der Waals surface area (Å²) in [7, 11) is 3.51. The zero-order chi connectivity index (χ0) is 11.0. The lowest BCUT2D eigenvalue weighted by molar-refractivity contribution is 0.0827. The maximum Gasteiger partial charge on any atom is 0.253 e. The zero-order valence-electron chi connectivity index (χ0n) is 9.10. The van der Waals surface area contributed by atoms with E-state index in [1.807, 2.05) is 24.3 Å². The number of amides is 1. The van der Waals surface area contributed by atoms with Gasteiger partial charge in [-0.15, -0.1) is 0 Å². The Balaban J connectivity index is 2.14. The summed E-state index contributed by atoms with van der Waals surface area (Å²) in [5, 5.41) is 0. The number of carbonyl (C=O) groups is 1. The smallest absolute Gasteiger partial charge is 0.253 e. The fourth-order valence-corrected chi connectivity index (χ4v) is 1.73. The molecule has 1 aromatic carbocycles. The fourth-order valence-electron chi connectivity index (χ4n) is 1.73. The quantitative estimate of drug-likeness (QED) is 0.787. The minimum Gasteiger partial charge on any atom is -0.345 e. The van der Waals surface area contributed by atoms with Crippen LogP contribution in [0.15, 0.2) is 24.3 Å². The van der Waals surface area contributed by atoms with Crippen molar-refractivity contribution in [3.63, 3.8) is 0 Å². The summed E-state index contributed by atoms with van der Waals surface area (Å²) in [5.41, 5.74) is 7.75. The summed E-state index contributed by atoms with van der Waals surface area (Å²) in [6.07, 6.45) is 1.07. The van der Waals surface area contributed by atoms with Crippen molar-refractivity contribution in [2.24, 2.45) is 5.73 Å². The van der Waals surface area contributed by atoms with Crippen molar-refractivity contribution in [1.29, 1.82) is 0 Å². The molecule has 0 aromatic heterocycles. The molecule has 80 valence electrons. The monoisotopic (exact) mass is 204 g/mol. The van der Waals surface area contributed by atoms with Gasteiger partial charge < -0.3 is 10.6 Å². The van der Waals surface area contributed by atoms with Crippen LogP contribution in [0, 0.1) is 0 Å². The molecule has 0 bridgehead atoms. The molecule has 1 amide bonds. The molecule has 1 aliphatic rings. The highest BCUT2D eigenvalue weighted by Gasteiger charge is 2.34. The summed E-state index contributed by atoms with van der Waals surface area (Å²) in [6, 6.07) is 8.09. The number of hydrogen-bond donors (Lipinski definition) is 1. The molecular formula is C12H16N2O. The lowest BCUT2D eigenvalue weighted by atomic mass is 10.1. The molecule has 0 saturated heterocycles. The van der Waals surface area contributed by atoms with Gasteiger partial charge in [0.1, 0.15) is 0 Å². The average Bonchev–Trinajstić information content (AvgIpc) is 2.94. The van der Waals surface area contributed by atoms with Crippen molar-refractivity contribution in [2.45, 2.75) is 18.4 Å². The molecule has 2 atom stereocenters. The summed E-state index contributed by atoms with van der Waals surface area (Å²) < 4.78 is 0. The highest BCUT2D eigenvalue weighted by molar-refractivity contribution is 5.93. The molecule has 1 saturated carbocycles. The number of hydrogen-bond acceptors (Lipinski definition) is 2. The van der Waals surface area contributed by atoms with Crippen LogP contribution in [-0.2, 0) is 0 Å². The first-order valence-corrected chi connectivity index (χ1v) is 5.17. The second-order valence-corrected chi connectivity index (χ2v) is 4.33. The van der Waals surface area contributed by atoms with Gasteiger partial charge in [0.2, 0.25) is 0 Å². The molecule has 0 spiro atoms. The molecule has 1 aromatic rings. The Hall–Kier alpha value is -1.35. The third-order valence-electron chi connectivity index (χ3n) is 2.83. The van der Waals surface area contributed by atoms with E-state index in [-0.39, 0.29) is 5.91 Å². The molecule has 1 aliphatic carbocycles. The number of nitrogens with zero attached hydrogens (tertiary/aromatic N) is 1. The fraction of sp³-hybridized carbons (Fsp3) is 0.417. The van der Waals surface area contributed by atoms with Gasteiger partial charge in [-0.1, -0.05) is 12.1 Å². The third-order valence-corrected chi connectivity index (χ3v) is 2.83. The van der Waals surface area contributed by atoms with E-state index in [1.54, 1.807) is 19.0 Å². The Morgan fingerprint density at radius 1 is 1.33 bits per heavy atom. The van der Waals surface area contributed by atoms with Crippen molar-refractivity contribution in [1.82, 2.24) is 4.90 Å². The van der Waals surface area contributed by atoms with Crippen molar-refractivity contribution in [3.05, 3.63) is 35.4 Å². The van der Waals surface area contributed by atoms with Crippen molar-refractivity contribution < 1.29 is 4.79 Å². The van der Waals surface area contributed by atoms with Crippen molar-refractivity contribution >= 4 is 5.91 Å². The molecule has 15 heavy (non-hydrogen) atoms. The van der Waals surface area contributed by atoms with Crippen LogP contribution in [-0.4, -0.2) is 30.9 Å². The largest absolute Gasteiger partial charge is 0.345 e. The van der Waals surface area contributed by atoms with Crippen LogP contribution in [0.2, 0.25) is 0 Å². The second kappa shape index (κ2) is 3.66. The lowest BCUT2D eigenvalue weighted by Crippen LogP contribution is -2.21. The van der Waals surface area contributed by atoms with E-state index in [4.69, 9.17) is 5.73 Å². The van der Waals surface area contributed by atoms with Gasteiger partial charge in [-0.05, 0) is 24.1 Å². The molecule has 2 rings (SSSR count). The van der Waals surface area contributed by atoms with E-state index < -0.39 is 0 Å². The summed E-state index contributed by atoms with van der Waals surface area (Å²) in [5.74, 6) is 0.551. The van der Waals surface area contributed by atoms with E-state index in [2.05, 4.69) is 0 Å². The normalized spacial score (nSPS) is 23.7. The SMILES string of the molecule is CN(C)C(=O)c1ccc([C@@H]2C[C@H]2N)cc1. The highest BCUT2D eigenvalue weighted by Crippen LogP contribution is 2.38. The van der Waals surface area contributed by atoms with Gasteiger partial charge in [-0.3, -0.25) is 4.79 Å². The number of carbonyl (C=O) groups excluding carboxylic acids is 1. The zero-order valence-corrected chi connectivity index (χ0v) is 9.10. The van der Waals surface area contributed by atoms with E-state index in [0.717, 1.165) is 12.0 Å². The molecular weight excluding hydrogens is 188 g/mol. The Bertz CT molecular complexity index is 370. The summed E-state index contributed by atoms with van der Waals surface area (Å²) >= 11 is 0. The minimum absolute atomic E-state index is 0.0432. The van der Waals surface area contributed by atoms with Gasteiger partial charge in [-0.2, -0.15) is 0 Å². The standard InChI is InChI=1S/C12H16N2O/c1-14(2)12(15)9-5-3-8(4-6-9)10-7-11(10)13/h3-6,10-11H,7,13H2,1-2H3/t10-,11+/m0/s1. The molecule has 1 fully saturated rings. The Morgan fingerprint density at radius 3 is 2.27 bits per heavy atom. The van der Waals surface area contributed by atoms with Crippen molar-refractivity contribution in [3.8, 4) is 0 Å². The number of benzene rings is 1. The molecule has 0 aliphatic heterocycles. The summed E-state index contributed by atoms with van der Waals surface area (Å²) in [6.45, 7) is 0. The average molecular weight is 204 g/mol. The van der Waals surface area contributed by atoms with Gasteiger partial charge in [-0.25, -0.2) is 0 Å². The highest BCUT2D eigenvalue weighted by atomic mass is 16.2. The first-order chi connectivity index (χ1) is 7.09. The molecule has 2 N–H and O–H groups in total. The van der Waals surface area contributed by atoms with Crippen LogP contribution < -0.4 is 5.73 Å². The van der Waals surface area contributed by atoms with Crippen molar-refractivity contribution in [2.75, 3.05) is 14.1 Å². The van der Waals surface area contributed by atoms with Crippen LogP contribution in [0.3, 0.4) is 0 Å². The molecule has 3 nitrogen and oxygen atoms in total. The Labute approximate surface area is 89.9 Å². The predicted octanol–water partition coefficient (Wildman–Crippen LogP) is 1.20. The molecule has 3 heteroatoms. The molecule has 0 heterocycles. The van der Waals surface area contributed by atoms with Crippen LogP contribution in [0.5, 0.6) is 0 Å². The van der Waals surface area contributed by atoms with Gasteiger partial charge in [0.05, 0.1) is 0 Å². The lowest BCUT2D eigenvalue weighted by Gasteiger charge is -2.10. The van der Waals surface area contributed by atoms with E-state index >= 15 is 0 Å². The Kier molecular flexibility index (Phi) is 2.49. The second-order valence-electron chi connectivity index (χ2n) is 4.33. The Morgan fingerprint density at radius 2 is 1.87 bits per heavy atom. The summed E-state index contributed by atoms with van der Waals surface area (Å²) in [4.78, 5) is 13.2. The maximum absolute atomic E-state index is 11.6. The van der Waals surface area contributed by atoms with E-state index in [9.17, 15) is 4.79 Å². The van der Waals surface area contributed by atoms with E-state index in [0.29, 0.717) is 12.0 Å². The molecule has 0 radical (unpaired) electrons. The number of nitrogens with two attached hydrogens (primary N) is 1. The van der Waals surface area contributed by atoms with Gasteiger partial charge in [0.15, 0.2) is 0 Å². The minimum atomic E-state index is 0.0432. The van der Waals surface area contributed by atoms with Crippen LogP contribution >= 0.6 is 0 Å². The van der Waals surface area contributed by atoms with Gasteiger partial charge >= 0.3 is 0 Å². The van der Waals surface area contributed by atoms with Crippen LogP contribution in [0.1, 0.15) is 28.3 Å². The maximum atomic E-state index is 11.6. The van der Waals surface area contributed by atoms with Gasteiger partial charge in [0.25, 0.3) is 5.91 Å². The van der Waals surface area contributed by atoms with Crippen LogP contribution in [0.25, 0.3) is 0 Å². The first-order valence-electron chi connectivity index (χ1n) is 5.17. The third kappa shape index (κ3) is 2.02.